The molecule has 2 aliphatic rings. The number of benzene rings is 2. The third-order valence-corrected chi connectivity index (χ3v) is 10.1. The highest BCUT2D eigenvalue weighted by molar-refractivity contribution is 6.39. The molecular formula is C39H43Cl2N5O5. The van der Waals surface area contributed by atoms with Gasteiger partial charge < -0.3 is 24.8 Å². The zero-order valence-corrected chi connectivity index (χ0v) is 30.8. The fourth-order valence-corrected chi connectivity index (χ4v) is 7.41. The Bertz CT molecular complexity index is 1900. The van der Waals surface area contributed by atoms with Crippen molar-refractivity contribution in [1.29, 1.82) is 0 Å². The Balaban J connectivity index is 1.22. The average Bonchev–Trinajstić information content (AvgIpc) is 3.77. The highest BCUT2D eigenvalue weighted by Gasteiger charge is 2.33. The number of amides is 1. The molecule has 0 aliphatic carbocycles. The summed E-state index contributed by atoms with van der Waals surface area (Å²) in [5.41, 5.74) is 6.10. The molecule has 4 heterocycles. The first-order valence-corrected chi connectivity index (χ1v) is 18.0. The molecule has 4 aromatic rings. The van der Waals surface area contributed by atoms with Gasteiger partial charge in [-0.05, 0) is 57.9 Å². The summed E-state index contributed by atoms with van der Waals surface area (Å²) >= 11 is 14.2. The van der Waals surface area contributed by atoms with Crippen LogP contribution in [0.5, 0.6) is 11.6 Å². The van der Waals surface area contributed by atoms with E-state index in [1.165, 1.54) is 0 Å². The number of ether oxygens (including phenoxy) is 3. The van der Waals surface area contributed by atoms with Crippen LogP contribution in [0, 0.1) is 0 Å². The van der Waals surface area contributed by atoms with Crippen molar-refractivity contribution < 1.29 is 23.8 Å². The van der Waals surface area contributed by atoms with Crippen LogP contribution in [0.25, 0.3) is 33.6 Å². The van der Waals surface area contributed by atoms with Gasteiger partial charge in [-0.1, -0.05) is 59.6 Å². The summed E-state index contributed by atoms with van der Waals surface area (Å²) in [7, 11) is 3.23. The topological polar surface area (TPSA) is 115 Å². The molecule has 2 aromatic carbocycles. The van der Waals surface area contributed by atoms with Gasteiger partial charge in [-0.3, -0.25) is 19.5 Å². The number of hydrogen-bond donors (Lipinski definition) is 2. The minimum absolute atomic E-state index is 0.0958. The highest BCUT2D eigenvalue weighted by Crippen LogP contribution is 2.42. The number of hydrogen-bond acceptors (Lipinski definition) is 9. The van der Waals surface area contributed by atoms with E-state index in [1.54, 1.807) is 20.4 Å². The van der Waals surface area contributed by atoms with Gasteiger partial charge in [-0.15, -0.1) is 0 Å². The first-order chi connectivity index (χ1) is 24.7. The average molecular weight is 733 g/mol. The Kier molecular flexibility index (Phi) is 11.8. The standard InChI is InChI=1S/C39H43Cl2N5O5/c1-23(2)51-39(48)32-9-6-18-46(32)22-26-11-10-24(19-33(26)49-3)37-36(41)29(16-17-43-37)28-7-5-8-30(35(28)40)31-14-12-25(38(45-31)50-4)20-42-21-27-13-15-34(47)44-27/h5,7-8,10-12,14,16-17,19,23,27,32,42H,6,9,13,15,18,20-22H2,1-4H3,(H,44,47)/t27-,32+/m1/s1. The highest BCUT2D eigenvalue weighted by atomic mass is 35.5. The Hall–Kier alpha value is -4.22. The smallest absolute Gasteiger partial charge is 0.323 e. The summed E-state index contributed by atoms with van der Waals surface area (Å²) in [4.78, 5) is 35.8. The molecule has 1 amide bonds. The van der Waals surface area contributed by atoms with Crippen molar-refractivity contribution in [1.82, 2.24) is 25.5 Å². The van der Waals surface area contributed by atoms with Gasteiger partial charge in [0.15, 0.2) is 0 Å². The van der Waals surface area contributed by atoms with E-state index < -0.39 is 0 Å². The van der Waals surface area contributed by atoms with Crippen LogP contribution in [0.15, 0.2) is 60.8 Å². The van der Waals surface area contributed by atoms with E-state index in [1.807, 2.05) is 68.4 Å². The molecule has 6 rings (SSSR count). The van der Waals surface area contributed by atoms with Crippen molar-refractivity contribution in [3.8, 4) is 45.3 Å². The summed E-state index contributed by atoms with van der Waals surface area (Å²) in [5.74, 6) is 1.09. The van der Waals surface area contributed by atoms with Crippen molar-refractivity contribution in [3.63, 3.8) is 0 Å². The molecule has 2 atom stereocenters. The number of aromatic nitrogens is 2. The SMILES string of the molecule is COc1cc(-c2nccc(-c3cccc(-c4ccc(CNC[C@H]5CCC(=O)N5)c(OC)n4)c3Cl)c2Cl)ccc1CN1CCC[C@H]1C(=O)OC(C)C. The number of pyridine rings is 2. The zero-order chi connectivity index (χ0) is 36.1. The molecule has 12 heteroatoms. The van der Waals surface area contributed by atoms with Crippen molar-refractivity contribution in [2.45, 2.75) is 70.8 Å². The van der Waals surface area contributed by atoms with Crippen molar-refractivity contribution in [2.24, 2.45) is 0 Å². The molecule has 268 valence electrons. The van der Waals surface area contributed by atoms with E-state index in [4.69, 9.17) is 42.4 Å². The summed E-state index contributed by atoms with van der Waals surface area (Å²) < 4.78 is 17.0. The van der Waals surface area contributed by atoms with Crippen molar-refractivity contribution in [3.05, 3.63) is 82.0 Å². The molecule has 0 radical (unpaired) electrons. The Morgan fingerprint density at radius 1 is 1.00 bits per heavy atom. The second-order valence-corrected chi connectivity index (χ2v) is 13.9. The zero-order valence-electron chi connectivity index (χ0n) is 29.3. The monoisotopic (exact) mass is 731 g/mol. The maximum Gasteiger partial charge on any atom is 0.323 e. The van der Waals surface area contributed by atoms with Crippen molar-refractivity contribution in [2.75, 3.05) is 27.3 Å². The first-order valence-electron chi connectivity index (χ1n) is 17.3. The van der Waals surface area contributed by atoms with Gasteiger partial charge >= 0.3 is 5.97 Å². The van der Waals surface area contributed by atoms with Crippen LogP contribution in [-0.2, 0) is 27.4 Å². The lowest BCUT2D eigenvalue weighted by Crippen LogP contribution is -2.37. The van der Waals surface area contributed by atoms with Gasteiger partial charge in [-0.2, -0.15) is 0 Å². The number of carbonyl (C=O) groups is 2. The van der Waals surface area contributed by atoms with E-state index in [0.717, 1.165) is 59.2 Å². The fourth-order valence-electron chi connectivity index (χ4n) is 6.77. The summed E-state index contributed by atoms with van der Waals surface area (Å²) in [6, 6.07) is 17.3. The summed E-state index contributed by atoms with van der Waals surface area (Å²) in [6.45, 7) is 6.32. The molecule has 51 heavy (non-hydrogen) atoms. The van der Waals surface area contributed by atoms with Gasteiger partial charge in [0.05, 0.1) is 41.8 Å². The third-order valence-electron chi connectivity index (χ3n) is 9.30. The minimum atomic E-state index is -0.269. The molecule has 2 fully saturated rings. The van der Waals surface area contributed by atoms with Crippen LogP contribution in [-0.4, -0.2) is 72.2 Å². The fraction of sp³-hybridized carbons (Fsp3) is 0.385. The molecule has 2 aromatic heterocycles. The summed E-state index contributed by atoms with van der Waals surface area (Å²) in [5, 5.41) is 7.32. The molecule has 10 nitrogen and oxygen atoms in total. The predicted molar refractivity (Wildman–Crippen MR) is 199 cm³/mol. The maximum atomic E-state index is 12.7. The number of likely N-dealkylation sites (tertiary alicyclic amines) is 1. The van der Waals surface area contributed by atoms with Gasteiger partial charge in [-0.25, -0.2) is 4.98 Å². The van der Waals surface area contributed by atoms with Crippen LogP contribution in [0.4, 0.5) is 0 Å². The maximum absolute atomic E-state index is 12.7. The molecule has 0 bridgehead atoms. The Labute approximate surface area is 308 Å². The van der Waals surface area contributed by atoms with Crippen molar-refractivity contribution >= 4 is 35.1 Å². The van der Waals surface area contributed by atoms with E-state index >= 15 is 0 Å². The van der Waals surface area contributed by atoms with Gasteiger partial charge in [0.1, 0.15) is 11.8 Å². The lowest BCUT2D eigenvalue weighted by molar-refractivity contribution is -0.153. The second kappa shape index (κ2) is 16.4. The lowest BCUT2D eigenvalue weighted by Gasteiger charge is -2.25. The van der Waals surface area contributed by atoms with E-state index in [0.29, 0.717) is 59.1 Å². The molecule has 0 saturated carbocycles. The first kappa shape index (κ1) is 36.6. The van der Waals surface area contributed by atoms with E-state index in [2.05, 4.69) is 20.5 Å². The van der Waals surface area contributed by atoms with Crippen LogP contribution >= 0.6 is 23.2 Å². The molecule has 0 spiro atoms. The lowest BCUT2D eigenvalue weighted by atomic mass is 9.99. The van der Waals surface area contributed by atoms with E-state index in [-0.39, 0.29) is 30.1 Å². The quantitative estimate of drug-likeness (QED) is 0.139. The predicted octanol–water partition coefficient (Wildman–Crippen LogP) is 7.09. The normalized spacial score (nSPS) is 17.5. The van der Waals surface area contributed by atoms with Crippen LogP contribution in [0.2, 0.25) is 10.0 Å². The molecular weight excluding hydrogens is 689 g/mol. The number of methoxy groups -OCH3 is 2. The van der Waals surface area contributed by atoms with Gasteiger partial charge in [0.25, 0.3) is 0 Å². The number of rotatable bonds is 13. The molecule has 0 unspecified atom stereocenters. The largest absolute Gasteiger partial charge is 0.496 e. The van der Waals surface area contributed by atoms with E-state index in [9.17, 15) is 9.59 Å². The van der Waals surface area contributed by atoms with Gasteiger partial charge in [0, 0.05) is 71.7 Å². The van der Waals surface area contributed by atoms with Gasteiger partial charge in [0.2, 0.25) is 11.8 Å². The molecule has 2 saturated heterocycles. The number of carbonyl (C=O) groups excluding carboxylic acids is 2. The van der Waals surface area contributed by atoms with Crippen LogP contribution < -0.4 is 20.1 Å². The minimum Gasteiger partial charge on any atom is -0.496 e. The third kappa shape index (κ3) is 8.31. The number of nitrogens with zero attached hydrogens (tertiary/aromatic N) is 3. The van der Waals surface area contributed by atoms with Crippen LogP contribution in [0.3, 0.4) is 0 Å². The molecule has 2 aliphatic heterocycles. The number of esters is 1. The van der Waals surface area contributed by atoms with Crippen LogP contribution in [0.1, 0.15) is 50.7 Å². The number of nitrogens with one attached hydrogen (secondary N) is 2. The Morgan fingerprint density at radius 2 is 1.78 bits per heavy atom. The molecule has 2 N–H and O–H groups in total. The Morgan fingerprint density at radius 3 is 2.53 bits per heavy atom. The summed E-state index contributed by atoms with van der Waals surface area (Å²) in [6.07, 6.45) is 4.67. The number of halogens is 2. The second-order valence-electron chi connectivity index (χ2n) is 13.1.